The Balaban J connectivity index is 1.31. The van der Waals surface area contributed by atoms with Gasteiger partial charge in [0.25, 0.3) is 5.91 Å². The number of likely N-dealkylation sites (tertiary alicyclic amines) is 3. The number of halogens is 2. The second-order valence-corrected chi connectivity index (χ2v) is 17.0. The van der Waals surface area contributed by atoms with E-state index in [-0.39, 0.29) is 34.0 Å². The van der Waals surface area contributed by atoms with Gasteiger partial charge >= 0.3 is 13.3 Å². The highest BCUT2D eigenvalue weighted by Crippen LogP contribution is 2.59. The summed E-state index contributed by atoms with van der Waals surface area (Å²) in [6.07, 6.45) is 5.12. The number of piperidine rings is 1. The molecule has 264 valence electrons. The highest BCUT2D eigenvalue weighted by molar-refractivity contribution is 7.52. The van der Waals surface area contributed by atoms with Gasteiger partial charge in [0.1, 0.15) is 12.1 Å². The van der Waals surface area contributed by atoms with Gasteiger partial charge in [-0.05, 0) is 67.0 Å². The third kappa shape index (κ3) is 7.18. The van der Waals surface area contributed by atoms with E-state index in [1.165, 1.54) is 12.1 Å². The van der Waals surface area contributed by atoms with Gasteiger partial charge in [-0.15, -0.1) is 11.3 Å². The first-order chi connectivity index (χ1) is 22.4. The Morgan fingerprint density at radius 3 is 2.42 bits per heavy atom. The molecule has 48 heavy (non-hydrogen) atoms. The van der Waals surface area contributed by atoms with E-state index < -0.39 is 42.2 Å². The first kappa shape index (κ1) is 36.4. The molecule has 0 radical (unpaired) electrons. The molecule has 2 aromatic rings. The molecule has 5 rings (SSSR count). The average Bonchev–Trinajstić information content (AvgIpc) is 3.78. The lowest BCUT2D eigenvalue weighted by molar-refractivity contribution is -0.148. The zero-order valence-corrected chi connectivity index (χ0v) is 29.5. The van der Waals surface area contributed by atoms with Gasteiger partial charge in [0, 0.05) is 42.9 Å². The van der Waals surface area contributed by atoms with Crippen LogP contribution in [0.5, 0.6) is 0 Å². The van der Waals surface area contributed by atoms with E-state index in [2.05, 4.69) is 5.32 Å². The smallest absolute Gasteiger partial charge is 0.341 e. The maximum atomic E-state index is 14.3. The Morgan fingerprint density at radius 1 is 1.04 bits per heavy atom. The Hall–Kier alpha value is -2.93. The number of carbonyl (C=O) groups is 4. The van der Waals surface area contributed by atoms with Crippen LogP contribution in [0.1, 0.15) is 87.9 Å². The van der Waals surface area contributed by atoms with Crippen LogP contribution in [0, 0.1) is 11.3 Å². The van der Waals surface area contributed by atoms with Crippen molar-refractivity contribution in [3.05, 3.63) is 34.7 Å². The van der Waals surface area contributed by atoms with E-state index in [9.17, 15) is 32.5 Å². The van der Waals surface area contributed by atoms with E-state index in [0.717, 1.165) is 49.2 Å². The van der Waals surface area contributed by atoms with Gasteiger partial charge in [-0.2, -0.15) is 8.78 Å². The number of fused-ring (bicyclic) bond motifs is 2. The van der Waals surface area contributed by atoms with Gasteiger partial charge in [-0.3, -0.25) is 23.7 Å². The van der Waals surface area contributed by atoms with Crippen LogP contribution in [0.2, 0.25) is 0 Å². The van der Waals surface area contributed by atoms with Crippen LogP contribution in [0.15, 0.2) is 24.3 Å². The molecular weight excluding hydrogens is 665 g/mol. The molecule has 3 N–H and O–H groups in total. The molecule has 4 amide bonds. The summed E-state index contributed by atoms with van der Waals surface area (Å²) in [4.78, 5) is 78.3. The largest absolute Gasteiger partial charge is 0.399 e. The van der Waals surface area contributed by atoms with Crippen molar-refractivity contribution < 1.29 is 42.3 Å². The van der Waals surface area contributed by atoms with Gasteiger partial charge in [0.2, 0.25) is 17.7 Å². The van der Waals surface area contributed by atoms with Crippen molar-refractivity contribution in [3.63, 3.8) is 0 Å². The Bertz CT molecular complexity index is 1620. The Labute approximate surface area is 283 Å². The number of benzene rings is 1. The summed E-state index contributed by atoms with van der Waals surface area (Å²) in [5.74, 6) is -0.673. The van der Waals surface area contributed by atoms with Gasteiger partial charge in [0.05, 0.1) is 10.9 Å². The Kier molecular flexibility index (Phi) is 10.4. The van der Waals surface area contributed by atoms with Crippen molar-refractivity contribution in [1.82, 2.24) is 20.0 Å². The number of unbranched alkanes of at least 4 members (excludes halogenated alkanes) is 1. The first-order valence-electron chi connectivity index (χ1n) is 16.6. The van der Waals surface area contributed by atoms with Crippen molar-refractivity contribution >= 4 is 52.6 Å². The van der Waals surface area contributed by atoms with Crippen molar-refractivity contribution in [1.29, 1.82) is 0 Å². The number of thiophene rings is 1. The molecule has 1 aromatic heterocycles. The van der Waals surface area contributed by atoms with Crippen LogP contribution in [0.4, 0.5) is 8.78 Å². The topological polar surface area (TPSA) is 148 Å². The zero-order valence-electron chi connectivity index (χ0n) is 27.8. The van der Waals surface area contributed by atoms with E-state index >= 15 is 0 Å². The van der Waals surface area contributed by atoms with Crippen LogP contribution in [0.25, 0.3) is 10.1 Å². The number of alkyl halides is 2. The number of nitrogens with zero attached hydrogens (tertiary/aromatic N) is 3. The van der Waals surface area contributed by atoms with E-state index in [1.54, 1.807) is 25.7 Å². The quantitative estimate of drug-likeness (QED) is 0.314. The number of carbonyl (C=O) groups excluding carboxylic acids is 4. The predicted octanol–water partition coefficient (Wildman–Crippen LogP) is 4.90. The minimum absolute atomic E-state index is 0.0809. The summed E-state index contributed by atoms with van der Waals surface area (Å²) >= 11 is 1.00. The normalized spacial score (nSPS) is 22.6. The minimum Gasteiger partial charge on any atom is -0.341 e. The number of hydrogen-bond donors (Lipinski definition) is 3. The molecule has 0 aliphatic carbocycles. The SMILES string of the molecule is CCCCC(=O)N1CC[C@H]2CCN(C(=O)C3CCCN3C(=O)C(NC(=O)c3cc4cc(C(F)(F)P(=O)(O)O)ccc4s3)C(C)(C)C)[C@H]2C1. The fourth-order valence-corrected chi connectivity index (χ4v) is 8.55. The van der Waals surface area contributed by atoms with Crippen LogP contribution >= 0.6 is 18.9 Å². The van der Waals surface area contributed by atoms with Crippen molar-refractivity contribution in [2.24, 2.45) is 11.3 Å². The summed E-state index contributed by atoms with van der Waals surface area (Å²) in [5.41, 5.74) is -6.01. The molecule has 3 aliphatic rings. The number of rotatable bonds is 9. The highest BCUT2D eigenvalue weighted by atomic mass is 32.1. The summed E-state index contributed by atoms with van der Waals surface area (Å²) in [6, 6.07) is 2.73. The maximum absolute atomic E-state index is 14.3. The third-order valence-corrected chi connectivity index (χ3v) is 12.0. The van der Waals surface area contributed by atoms with Crippen molar-refractivity contribution in [3.8, 4) is 0 Å². The molecule has 4 atom stereocenters. The van der Waals surface area contributed by atoms with E-state index in [0.29, 0.717) is 56.1 Å². The summed E-state index contributed by atoms with van der Waals surface area (Å²) < 4.78 is 40.5. The summed E-state index contributed by atoms with van der Waals surface area (Å²) in [5, 5.41) is 3.03. The lowest BCUT2D eigenvalue weighted by atomic mass is 9.85. The molecule has 0 spiro atoms. The molecular formula is C33H45F2N4O7PS. The van der Waals surface area contributed by atoms with E-state index in [4.69, 9.17) is 9.79 Å². The third-order valence-electron chi connectivity index (χ3n) is 9.91. The number of amides is 4. The minimum atomic E-state index is -5.77. The molecule has 3 aliphatic heterocycles. The van der Waals surface area contributed by atoms with Crippen molar-refractivity contribution in [2.75, 3.05) is 26.2 Å². The standard InChI is InChI=1S/C33H45F2N4O7PS/c1-5-6-9-27(40)37-15-12-20-13-16-39(24(20)19-37)30(42)23-8-7-14-38(23)31(43)28(32(2,3)4)36-29(41)26-18-21-17-22(10-11-25(21)48-26)33(34,35)47(44,45)46/h10-11,17-18,20,23-24,28H,5-9,12-16,19H2,1-4H3,(H,36,41)(H2,44,45,46)/t20-,23?,24-,28?/m0/s1. The predicted molar refractivity (Wildman–Crippen MR) is 178 cm³/mol. The molecule has 0 bridgehead atoms. The monoisotopic (exact) mass is 710 g/mol. The summed E-state index contributed by atoms with van der Waals surface area (Å²) in [6.45, 7) is 9.62. The molecule has 0 saturated carbocycles. The first-order valence-corrected chi connectivity index (χ1v) is 19.0. The van der Waals surface area contributed by atoms with Gasteiger partial charge in [0.15, 0.2) is 0 Å². The van der Waals surface area contributed by atoms with Gasteiger partial charge in [-0.25, -0.2) is 0 Å². The summed E-state index contributed by atoms with van der Waals surface area (Å²) in [7, 11) is -5.77. The molecule has 3 fully saturated rings. The zero-order chi connectivity index (χ0) is 35.2. The molecule has 3 saturated heterocycles. The highest BCUT2D eigenvalue weighted by Gasteiger charge is 2.51. The van der Waals surface area contributed by atoms with E-state index in [1.807, 2.05) is 16.7 Å². The Morgan fingerprint density at radius 2 is 1.75 bits per heavy atom. The fourth-order valence-electron chi connectivity index (χ4n) is 7.13. The van der Waals surface area contributed by atoms with Crippen molar-refractivity contribution in [2.45, 2.75) is 96.4 Å². The second-order valence-electron chi connectivity index (χ2n) is 14.3. The van der Waals surface area contributed by atoms with Crippen LogP contribution in [0.3, 0.4) is 0 Å². The fraction of sp³-hybridized carbons (Fsp3) is 0.636. The van der Waals surface area contributed by atoms with Crippen LogP contribution in [-0.4, -0.2) is 92.4 Å². The molecule has 1 aromatic carbocycles. The van der Waals surface area contributed by atoms with Crippen LogP contribution in [-0.2, 0) is 24.6 Å². The second kappa shape index (κ2) is 13.8. The van der Waals surface area contributed by atoms with Crippen LogP contribution < -0.4 is 5.32 Å². The lowest BCUT2D eigenvalue weighted by Gasteiger charge is -2.40. The molecule has 4 heterocycles. The van der Waals surface area contributed by atoms with Gasteiger partial charge < -0.3 is 29.8 Å². The average molecular weight is 711 g/mol. The molecule has 2 unspecified atom stereocenters. The number of nitrogens with one attached hydrogen (secondary N) is 1. The molecule has 15 heteroatoms. The lowest BCUT2D eigenvalue weighted by Crippen LogP contribution is -2.59. The van der Waals surface area contributed by atoms with Gasteiger partial charge in [-0.1, -0.05) is 40.2 Å². The molecule has 11 nitrogen and oxygen atoms in total. The number of hydrogen-bond acceptors (Lipinski definition) is 6. The maximum Gasteiger partial charge on any atom is 0.399 e.